The molecule has 0 amide bonds. The van der Waals surface area contributed by atoms with Gasteiger partial charge in [0, 0.05) is 6.07 Å². The van der Waals surface area contributed by atoms with Crippen LogP contribution in [0.3, 0.4) is 0 Å². The first-order valence-corrected chi connectivity index (χ1v) is 5.64. The summed E-state index contributed by atoms with van der Waals surface area (Å²) < 4.78 is 37.2. The maximum absolute atomic E-state index is 10.8. The second kappa shape index (κ2) is 5.01. The molecule has 0 spiro atoms. The SMILES string of the molecule is NC1(S(=O)(=O)[O-])Nc2ccc([N+](=O)[O-])cc2O1.[K+]. The number of nitrogens with one attached hydrogen (secondary N) is 1. The van der Waals surface area contributed by atoms with Crippen LogP contribution in [0, 0.1) is 10.1 Å². The number of nitro groups is 1. The van der Waals surface area contributed by atoms with Crippen LogP contribution in [0.5, 0.6) is 5.75 Å². The minimum Gasteiger partial charge on any atom is -0.742 e. The van der Waals surface area contributed by atoms with Crippen molar-refractivity contribution in [1.29, 1.82) is 0 Å². The van der Waals surface area contributed by atoms with Crippen molar-refractivity contribution < 1.29 is 74.0 Å². The minimum atomic E-state index is -4.98. The number of benzene rings is 1. The van der Waals surface area contributed by atoms with Crippen LogP contribution in [0.1, 0.15) is 0 Å². The average Bonchev–Trinajstić information content (AvgIpc) is 2.52. The molecule has 1 aliphatic heterocycles. The van der Waals surface area contributed by atoms with Crippen molar-refractivity contribution in [1.82, 2.24) is 0 Å². The van der Waals surface area contributed by atoms with Gasteiger partial charge in [-0.05, 0) is 6.07 Å². The van der Waals surface area contributed by atoms with Gasteiger partial charge in [-0.3, -0.25) is 15.8 Å². The summed E-state index contributed by atoms with van der Waals surface area (Å²) in [6.45, 7) is 0. The van der Waals surface area contributed by atoms with Gasteiger partial charge >= 0.3 is 56.6 Å². The first-order valence-electron chi connectivity index (χ1n) is 4.23. The number of nitro benzene ring substituents is 1. The van der Waals surface area contributed by atoms with Crippen LogP contribution in [-0.2, 0) is 10.1 Å². The molecule has 0 aromatic heterocycles. The Labute approximate surface area is 144 Å². The van der Waals surface area contributed by atoms with Crippen LogP contribution in [0.2, 0.25) is 0 Å². The summed E-state index contributed by atoms with van der Waals surface area (Å²) in [7, 11) is -4.98. The number of hydrogen-bond donors (Lipinski definition) is 2. The second-order valence-electron chi connectivity index (χ2n) is 3.29. The summed E-state index contributed by atoms with van der Waals surface area (Å²) in [5.74, 6) is -0.166. The third-order valence-corrected chi connectivity index (χ3v) is 3.05. The fourth-order valence-electron chi connectivity index (χ4n) is 1.30. The molecular weight excluding hydrogens is 293 g/mol. The van der Waals surface area contributed by atoms with Crippen molar-refractivity contribution >= 4 is 21.5 Å². The molecule has 1 heterocycles. The molecule has 18 heavy (non-hydrogen) atoms. The summed E-state index contributed by atoms with van der Waals surface area (Å²) in [6.07, 6.45) is 0. The van der Waals surface area contributed by atoms with E-state index in [1.165, 1.54) is 6.07 Å². The summed E-state index contributed by atoms with van der Waals surface area (Å²) in [5, 5.41) is 9.99. The third kappa shape index (κ3) is 2.67. The smallest absolute Gasteiger partial charge is 0.742 e. The zero-order chi connectivity index (χ0) is 12.8. The van der Waals surface area contributed by atoms with Gasteiger partial charge in [0.25, 0.3) is 5.69 Å². The van der Waals surface area contributed by atoms with Gasteiger partial charge in [-0.15, -0.1) is 0 Å². The Balaban J connectivity index is 0.00000162. The molecule has 1 atom stereocenters. The summed E-state index contributed by atoms with van der Waals surface area (Å²) in [6, 6.07) is 3.30. The molecule has 11 heteroatoms. The number of non-ortho nitro benzene ring substituents is 1. The van der Waals surface area contributed by atoms with Crippen molar-refractivity contribution in [2.24, 2.45) is 5.73 Å². The maximum atomic E-state index is 10.8. The monoisotopic (exact) mass is 299 g/mol. The fraction of sp³-hybridized carbons (Fsp3) is 0.143. The van der Waals surface area contributed by atoms with E-state index in [2.05, 4.69) is 5.32 Å². The molecule has 1 aliphatic rings. The maximum Gasteiger partial charge on any atom is 1.00 e. The Kier molecular flexibility index (Phi) is 4.40. The first kappa shape index (κ1) is 15.8. The molecule has 3 N–H and O–H groups in total. The number of nitrogens with two attached hydrogens (primary N) is 1. The van der Waals surface area contributed by atoms with Gasteiger partial charge in [0.2, 0.25) is 0 Å². The van der Waals surface area contributed by atoms with Crippen molar-refractivity contribution in [3.63, 3.8) is 0 Å². The summed E-state index contributed by atoms with van der Waals surface area (Å²) in [4.78, 5) is 9.79. The predicted molar refractivity (Wildman–Crippen MR) is 54.0 cm³/mol. The third-order valence-electron chi connectivity index (χ3n) is 2.12. The molecule has 0 aliphatic carbocycles. The number of rotatable bonds is 2. The van der Waals surface area contributed by atoms with Crippen LogP contribution in [0.25, 0.3) is 0 Å². The van der Waals surface area contributed by atoms with E-state index < -0.39 is 20.2 Å². The van der Waals surface area contributed by atoms with E-state index in [0.29, 0.717) is 0 Å². The number of ether oxygens (including phenoxy) is 1. The standard InChI is InChI=1S/C7H7N3O6S.K/c8-7(17(13,14)15)9-5-2-1-4(10(11)12)3-6(5)16-7;/h1-3,9H,8H2,(H,13,14,15);/q;+1/p-1. The Hall–Kier alpha value is -0.274. The molecular formula is C7H6KN3O6S. The van der Waals surface area contributed by atoms with Crippen molar-refractivity contribution in [3.8, 4) is 5.75 Å². The molecule has 0 radical (unpaired) electrons. The van der Waals surface area contributed by atoms with Crippen molar-refractivity contribution in [3.05, 3.63) is 28.3 Å². The Morgan fingerprint density at radius 2 is 2.06 bits per heavy atom. The largest absolute Gasteiger partial charge is 1.00 e. The molecule has 0 bridgehead atoms. The fourth-order valence-corrected chi connectivity index (χ4v) is 1.73. The Morgan fingerprint density at radius 1 is 1.44 bits per heavy atom. The van der Waals surface area contributed by atoms with Gasteiger partial charge in [-0.1, -0.05) is 0 Å². The van der Waals surface area contributed by atoms with Crippen molar-refractivity contribution in [2.75, 3.05) is 5.32 Å². The molecule has 9 nitrogen and oxygen atoms in total. The molecule has 0 saturated heterocycles. The molecule has 0 fully saturated rings. The summed E-state index contributed by atoms with van der Waals surface area (Å²) in [5.41, 5.74) is 5.00. The molecule has 1 aromatic rings. The Morgan fingerprint density at radius 3 is 2.56 bits per heavy atom. The number of hydrogen-bond acceptors (Lipinski definition) is 8. The number of nitrogens with zero attached hydrogens (tertiary/aromatic N) is 1. The van der Waals surface area contributed by atoms with E-state index in [1.54, 1.807) is 0 Å². The van der Waals surface area contributed by atoms with E-state index in [0.717, 1.165) is 12.1 Å². The number of fused-ring (bicyclic) bond motifs is 1. The zero-order valence-corrected chi connectivity index (χ0v) is 13.1. The summed E-state index contributed by atoms with van der Waals surface area (Å²) >= 11 is 0. The number of anilines is 1. The molecule has 2 rings (SSSR count). The van der Waals surface area contributed by atoms with Crippen LogP contribution in [0.4, 0.5) is 11.4 Å². The molecule has 0 saturated carbocycles. The van der Waals surface area contributed by atoms with Gasteiger partial charge in [-0.25, -0.2) is 8.42 Å². The van der Waals surface area contributed by atoms with E-state index in [-0.39, 0.29) is 68.5 Å². The Bertz CT molecular complexity index is 605. The van der Waals surface area contributed by atoms with Gasteiger partial charge < -0.3 is 14.6 Å². The van der Waals surface area contributed by atoms with Gasteiger partial charge in [0.15, 0.2) is 15.9 Å². The topological polar surface area (TPSA) is 148 Å². The second-order valence-corrected chi connectivity index (χ2v) is 4.80. The normalized spacial score (nSPS) is 21.2. The minimum absolute atomic E-state index is 0. The van der Waals surface area contributed by atoms with Crippen molar-refractivity contribution in [2.45, 2.75) is 5.18 Å². The average molecular weight is 299 g/mol. The van der Waals surface area contributed by atoms with E-state index in [1.807, 2.05) is 0 Å². The van der Waals surface area contributed by atoms with E-state index >= 15 is 0 Å². The molecule has 1 aromatic carbocycles. The first-order chi connectivity index (χ1) is 7.73. The quantitative estimate of drug-likeness (QED) is 0.247. The van der Waals surface area contributed by atoms with Crippen LogP contribution in [0.15, 0.2) is 18.2 Å². The van der Waals surface area contributed by atoms with Crippen LogP contribution in [-0.4, -0.2) is 23.1 Å². The molecule has 1 unspecified atom stereocenters. The van der Waals surface area contributed by atoms with Gasteiger partial charge in [0.05, 0.1) is 16.7 Å². The van der Waals surface area contributed by atoms with E-state index in [4.69, 9.17) is 10.5 Å². The predicted octanol–water partition coefficient (Wildman–Crippen LogP) is -3.48. The van der Waals surface area contributed by atoms with E-state index in [9.17, 15) is 23.1 Å². The van der Waals surface area contributed by atoms with Crippen LogP contribution >= 0.6 is 0 Å². The molecule has 92 valence electrons. The van der Waals surface area contributed by atoms with Crippen LogP contribution < -0.4 is 67.2 Å². The van der Waals surface area contributed by atoms with Gasteiger partial charge in [-0.2, -0.15) is 0 Å². The zero-order valence-electron chi connectivity index (χ0n) is 9.11. The van der Waals surface area contributed by atoms with Gasteiger partial charge in [0.1, 0.15) is 0 Å².